The number of imide groups is 1. The van der Waals surface area contributed by atoms with Crippen molar-refractivity contribution in [2.75, 3.05) is 5.32 Å². The van der Waals surface area contributed by atoms with E-state index in [0.717, 1.165) is 0 Å². The van der Waals surface area contributed by atoms with Crippen LogP contribution in [0.5, 0.6) is 0 Å². The number of H-pyrrole nitrogens is 1. The molecule has 1 aromatic heterocycles. The van der Waals surface area contributed by atoms with E-state index in [-0.39, 0.29) is 27.8 Å². The molecule has 148 valence electrons. The second kappa shape index (κ2) is 7.47. The van der Waals surface area contributed by atoms with E-state index in [1.54, 1.807) is 12.1 Å². The predicted octanol–water partition coefficient (Wildman–Crippen LogP) is 2.00. The molecule has 9 nitrogen and oxygen atoms in total. The number of carbonyl (C=O) groups is 4. The molecular weight excluding hydrogens is 390 g/mol. The fourth-order valence-corrected chi connectivity index (χ4v) is 2.83. The van der Waals surface area contributed by atoms with Crippen LogP contribution in [0.25, 0.3) is 0 Å². The number of nitrogens with zero attached hydrogens (tertiary/aromatic N) is 1. The molecule has 2 aromatic carbocycles. The van der Waals surface area contributed by atoms with Crippen LogP contribution in [-0.2, 0) is 4.84 Å². The number of aromatic nitrogens is 1. The maximum atomic E-state index is 12.3. The highest BCUT2D eigenvalue weighted by atomic mass is 16.7. The molecule has 2 heterocycles. The van der Waals surface area contributed by atoms with E-state index in [0.29, 0.717) is 10.8 Å². The molecule has 0 unspecified atom stereocenters. The van der Waals surface area contributed by atoms with Crippen LogP contribution in [0.3, 0.4) is 0 Å². The molecule has 0 saturated heterocycles. The normalized spacial score (nSPS) is 12.5. The third-order valence-corrected chi connectivity index (χ3v) is 4.36. The number of pyridine rings is 1. The van der Waals surface area contributed by atoms with Gasteiger partial charge in [-0.25, -0.2) is 4.79 Å². The molecule has 0 aliphatic carbocycles. The largest absolute Gasteiger partial charge is 0.363 e. The van der Waals surface area contributed by atoms with Crippen molar-refractivity contribution in [3.63, 3.8) is 0 Å². The monoisotopic (exact) mass is 403 g/mol. The van der Waals surface area contributed by atoms with Crippen molar-refractivity contribution >= 4 is 29.4 Å². The molecule has 9 heteroatoms. The van der Waals surface area contributed by atoms with Crippen molar-refractivity contribution in [2.24, 2.45) is 0 Å². The summed E-state index contributed by atoms with van der Waals surface area (Å²) in [6.07, 6.45) is 1.28. The number of aromatic amines is 1. The Kier molecular flexibility index (Phi) is 4.69. The average molecular weight is 403 g/mol. The van der Waals surface area contributed by atoms with Crippen LogP contribution < -0.4 is 10.9 Å². The zero-order valence-electron chi connectivity index (χ0n) is 15.2. The van der Waals surface area contributed by atoms with Gasteiger partial charge < -0.3 is 15.1 Å². The van der Waals surface area contributed by atoms with E-state index in [2.05, 4.69) is 10.3 Å². The van der Waals surface area contributed by atoms with Gasteiger partial charge in [0.25, 0.3) is 17.7 Å². The molecule has 3 amide bonds. The first-order valence-corrected chi connectivity index (χ1v) is 8.74. The van der Waals surface area contributed by atoms with Gasteiger partial charge in [0.05, 0.1) is 22.3 Å². The lowest BCUT2D eigenvalue weighted by Crippen LogP contribution is -2.32. The molecule has 3 aromatic rings. The van der Waals surface area contributed by atoms with E-state index in [9.17, 15) is 24.0 Å². The van der Waals surface area contributed by atoms with E-state index < -0.39 is 23.7 Å². The van der Waals surface area contributed by atoms with Crippen molar-refractivity contribution in [2.45, 2.75) is 0 Å². The van der Waals surface area contributed by atoms with Gasteiger partial charge in [-0.3, -0.25) is 19.2 Å². The number of benzene rings is 2. The number of nitrogens with one attached hydrogen (secondary N) is 2. The Morgan fingerprint density at radius 1 is 0.800 bits per heavy atom. The molecule has 4 rings (SSSR count). The molecule has 0 saturated carbocycles. The van der Waals surface area contributed by atoms with Crippen molar-refractivity contribution in [1.82, 2.24) is 10.0 Å². The van der Waals surface area contributed by atoms with Crippen molar-refractivity contribution in [3.8, 4) is 0 Å². The average Bonchev–Trinajstić information content (AvgIpc) is 3.00. The molecule has 1 aliphatic heterocycles. The van der Waals surface area contributed by atoms with E-state index in [4.69, 9.17) is 4.84 Å². The summed E-state index contributed by atoms with van der Waals surface area (Å²) in [5, 5.41) is 3.04. The van der Waals surface area contributed by atoms with Crippen molar-refractivity contribution < 1.29 is 24.0 Å². The number of amides is 3. The quantitative estimate of drug-likeness (QED) is 0.642. The SMILES string of the molecule is O=C(Nc1ccc(C(=O)ON2C(=O)c3ccccc3C2=O)cc1)c1ccc(=O)[nH]c1. The van der Waals surface area contributed by atoms with E-state index >= 15 is 0 Å². The second-order valence-electron chi connectivity index (χ2n) is 6.30. The van der Waals surface area contributed by atoms with Crippen molar-refractivity contribution in [3.05, 3.63) is 99.5 Å². The number of fused-ring (bicyclic) bond motifs is 1. The first-order valence-electron chi connectivity index (χ1n) is 8.74. The molecule has 0 radical (unpaired) electrons. The highest BCUT2D eigenvalue weighted by Crippen LogP contribution is 2.23. The van der Waals surface area contributed by atoms with Crippen LogP contribution in [0.15, 0.2) is 71.7 Å². The Hall–Kier alpha value is -4.53. The Bertz CT molecular complexity index is 1190. The number of anilines is 1. The zero-order valence-corrected chi connectivity index (χ0v) is 15.2. The maximum Gasteiger partial charge on any atom is 0.363 e. The molecule has 2 N–H and O–H groups in total. The third kappa shape index (κ3) is 3.47. The topological polar surface area (TPSA) is 126 Å². The highest BCUT2D eigenvalue weighted by Gasteiger charge is 2.38. The smallest absolute Gasteiger partial charge is 0.328 e. The fraction of sp³-hybridized carbons (Fsp3) is 0. The number of rotatable bonds is 4. The lowest BCUT2D eigenvalue weighted by atomic mass is 10.1. The summed E-state index contributed by atoms with van der Waals surface area (Å²) in [6, 6.07) is 14.4. The summed E-state index contributed by atoms with van der Waals surface area (Å²) in [7, 11) is 0. The van der Waals surface area contributed by atoms with Crippen LogP contribution in [0.1, 0.15) is 41.4 Å². The molecule has 1 aliphatic rings. The van der Waals surface area contributed by atoms with Gasteiger partial charge in [0.15, 0.2) is 0 Å². The number of carbonyl (C=O) groups excluding carboxylic acids is 4. The Balaban J connectivity index is 1.43. The summed E-state index contributed by atoms with van der Waals surface area (Å²) in [5.74, 6) is -2.78. The Morgan fingerprint density at radius 3 is 1.97 bits per heavy atom. The lowest BCUT2D eigenvalue weighted by molar-refractivity contribution is -0.0584. The van der Waals surface area contributed by atoms with Crippen LogP contribution in [-0.4, -0.2) is 33.7 Å². The van der Waals surface area contributed by atoms with Gasteiger partial charge in [-0.15, -0.1) is 0 Å². The van der Waals surface area contributed by atoms with Crippen LogP contribution in [0.4, 0.5) is 5.69 Å². The summed E-state index contributed by atoms with van der Waals surface area (Å²) >= 11 is 0. The fourth-order valence-electron chi connectivity index (χ4n) is 2.83. The molecule has 0 spiro atoms. The predicted molar refractivity (Wildman–Crippen MR) is 104 cm³/mol. The molecule has 30 heavy (non-hydrogen) atoms. The van der Waals surface area contributed by atoms with Crippen molar-refractivity contribution in [1.29, 1.82) is 0 Å². The third-order valence-electron chi connectivity index (χ3n) is 4.36. The van der Waals surface area contributed by atoms with E-state index in [1.165, 1.54) is 54.7 Å². The summed E-state index contributed by atoms with van der Waals surface area (Å²) in [4.78, 5) is 67.5. The minimum absolute atomic E-state index is 0.0774. The molecule has 0 bridgehead atoms. The Labute approximate surface area is 168 Å². The van der Waals surface area contributed by atoms with Gasteiger partial charge in [-0.05, 0) is 42.5 Å². The van der Waals surface area contributed by atoms with Gasteiger partial charge in [0.1, 0.15) is 0 Å². The zero-order chi connectivity index (χ0) is 21.3. The van der Waals surface area contributed by atoms with Gasteiger partial charge in [0.2, 0.25) is 5.56 Å². The maximum absolute atomic E-state index is 12.3. The summed E-state index contributed by atoms with van der Waals surface area (Å²) in [6.45, 7) is 0. The Morgan fingerprint density at radius 2 is 1.40 bits per heavy atom. The number of hydroxylamine groups is 2. The minimum atomic E-state index is -0.900. The van der Waals surface area contributed by atoms with Gasteiger partial charge >= 0.3 is 5.97 Å². The first kappa shape index (κ1) is 18.8. The summed E-state index contributed by atoms with van der Waals surface area (Å²) < 4.78 is 0. The standard InChI is InChI=1S/C21H13N3O6/c25-17-10-7-13(11-22-17)18(26)23-14-8-5-12(6-9-14)21(29)30-24-19(27)15-3-1-2-4-16(15)20(24)28/h1-11H,(H,22,25)(H,23,26). The van der Waals surface area contributed by atoms with Crippen LogP contribution in [0.2, 0.25) is 0 Å². The van der Waals surface area contributed by atoms with Gasteiger partial charge in [-0.2, -0.15) is 0 Å². The molecule has 0 atom stereocenters. The van der Waals surface area contributed by atoms with E-state index in [1.807, 2.05) is 0 Å². The second-order valence-corrected chi connectivity index (χ2v) is 6.30. The minimum Gasteiger partial charge on any atom is -0.328 e. The first-order chi connectivity index (χ1) is 14.4. The molecule has 0 fully saturated rings. The van der Waals surface area contributed by atoms with Crippen LogP contribution >= 0.6 is 0 Å². The van der Waals surface area contributed by atoms with Gasteiger partial charge in [-0.1, -0.05) is 17.2 Å². The highest BCUT2D eigenvalue weighted by molar-refractivity contribution is 6.21. The molecular formula is C21H13N3O6. The van der Waals surface area contributed by atoms with Crippen LogP contribution in [0, 0.1) is 0 Å². The summed E-state index contributed by atoms with van der Waals surface area (Å²) in [5.41, 5.74) is 0.722. The number of hydrogen-bond acceptors (Lipinski definition) is 6. The lowest BCUT2D eigenvalue weighted by Gasteiger charge is -2.13. The number of hydrogen-bond donors (Lipinski definition) is 2. The van der Waals surface area contributed by atoms with Gasteiger partial charge in [0, 0.05) is 18.0 Å².